The summed E-state index contributed by atoms with van der Waals surface area (Å²) in [5.41, 5.74) is 7.79. The molecule has 0 aliphatic rings. The second kappa shape index (κ2) is 4.03. The molecule has 4 N–H and O–H groups in total. The first kappa shape index (κ1) is 8.95. The molecule has 0 aliphatic heterocycles. The highest BCUT2D eigenvalue weighted by atomic mass is 32.1. The number of rotatable bonds is 2. The number of nitrogens with two attached hydrogens (primary N) is 1. The van der Waals surface area contributed by atoms with Crippen LogP contribution >= 0.6 is 11.3 Å². The molecule has 0 radical (unpaired) electrons. The molecule has 1 aromatic rings. The number of thiazole rings is 1. The minimum absolute atomic E-state index is 0.000605. The van der Waals surface area contributed by atoms with Crippen LogP contribution in [0.5, 0.6) is 0 Å². The van der Waals surface area contributed by atoms with Crippen LogP contribution in [0.2, 0.25) is 0 Å². The molecule has 0 unspecified atom stereocenters. The second-order valence-corrected chi connectivity index (χ2v) is 3.23. The van der Waals surface area contributed by atoms with Crippen molar-refractivity contribution in [2.75, 3.05) is 0 Å². The standard InChI is InChI=1S/C6H10N4OS/c1-4-9-5(3-12-4)2-8-6(7)10-11/h3,11H,2H2,1H3,(H3,7,8,10). The van der Waals surface area contributed by atoms with Gasteiger partial charge in [0.15, 0.2) is 0 Å². The van der Waals surface area contributed by atoms with Gasteiger partial charge in [0.05, 0.1) is 17.2 Å². The van der Waals surface area contributed by atoms with Crippen LogP contribution in [0.3, 0.4) is 0 Å². The SMILES string of the molecule is Cc1nc(CN=C(N)NO)cs1. The van der Waals surface area contributed by atoms with Gasteiger partial charge in [-0.2, -0.15) is 0 Å². The largest absolute Gasteiger partial charge is 0.368 e. The number of hydroxylamine groups is 1. The van der Waals surface area contributed by atoms with Gasteiger partial charge in [-0.25, -0.2) is 15.5 Å². The Balaban J connectivity index is 2.53. The minimum Gasteiger partial charge on any atom is -0.368 e. The fraction of sp³-hybridized carbons (Fsp3) is 0.333. The summed E-state index contributed by atoms with van der Waals surface area (Å²) in [6, 6.07) is 0. The summed E-state index contributed by atoms with van der Waals surface area (Å²) < 4.78 is 0. The predicted molar refractivity (Wildman–Crippen MR) is 47.1 cm³/mol. The molecule has 0 bridgehead atoms. The van der Waals surface area contributed by atoms with Gasteiger partial charge < -0.3 is 5.73 Å². The lowest BCUT2D eigenvalue weighted by Gasteiger charge is -1.94. The average molecular weight is 186 g/mol. The highest BCUT2D eigenvalue weighted by Crippen LogP contribution is 2.08. The monoisotopic (exact) mass is 186 g/mol. The second-order valence-electron chi connectivity index (χ2n) is 2.17. The van der Waals surface area contributed by atoms with Crippen LogP contribution in [0.25, 0.3) is 0 Å². The van der Waals surface area contributed by atoms with Gasteiger partial charge in [-0.05, 0) is 6.92 Å². The van der Waals surface area contributed by atoms with Crippen molar-refractivity contribution in [2.45, 2.75) is 13.5 Å². The van der Waals surface area contributed by atoms with E-state index in [1.165, 1.54) is 0 Å². The summed E-state index contributed by atoms with van der Waals surface area (Å²) in [4.78, 5) is 7.97. The van der Waals surface area contributed by atoms with E-state index in [1.54, 1.807) is 16.8 Å². The van der Waals surface area contributed by atoms with Crippen molar-refractivity contribution in [3.8, 4) is 0 Å². The maximum absolute atomic E-state index is 8.29. The van der Waals surface area contributed by atoms with Gasteiger partial charge in [0.1, 0.15) is 0 Å². The Kier molecular flexibility index (Phi) is 3.01. The van der Waals surface area contributed by atoms with E-state index in [4.69, 9.17) is 10.9 Å². The van der Waals surface area contributed by atoms with Gasteiger partial charge >= 0.3 is 0 Å². The van der Waals surface area contributed by atoms with Crippen molar-refractivity contribution in [2.24, 2.45) is 10.7 Å². The molecule has 1 aromatic heterocycles. The van der Waals surface area contributed by atoms with Crippen LogP contribution in [0.15, 0.2) is 10.4 Å². The number of aromatic nitrogens is 1. The summed E-state index contributed by atoms with van der Waals surface area (Å²) in [6.07, 6.45) is 0. The van der Waals surface area contributed by atoms with Crippen molar-refractivity contribution < 1.29 is 5.21 Å². The maximum atomic E-state index is 8.29. The summed E-state index contributed by atoms with van der Waals surface area (Å²) in [5, 5.41) is 11.2. The predicted octanol–water partition coefficient (Wildman–Crippen LogP) is 0.245. The third kappa shape index (κ3) is 2.48. The van der Waals surface area contributed by atoms with E-state index in [0.717, 1.165) is 10.7 Å². The number of nitrogens with zero attached hydrogens (tertiary/aromatic N) is 2. The Hall–Kier alpha value is -1.14. The van der Waals surface area contributed by atoms with Gasteiger partial charge in [0.2, 0.25) is 5.96 Å². The number of nitrogens with one attached hydrogen (secondary N) is 1. The normalized spacial score (nSPS) is 11.7. The molecule has 5 nitrogen and oxygen atoms in total. The van der Waals surface area contributed by atoms with Gasteiger partial charge in [0, 0.05) is 5.38 Å². The van der Waals surface area contributed by atoms with Gasteiger partial charge in [-0.15, -0.1) is 11.3 Å². The van der Waals surface area contributed by atoms with E-state index in [1.807, 2.05) is 12.3 Å². The average Bonchev–Trinajstić information content (AvgIpc) is 2.47. The fourth-order valence-electron chi connectivity index (χ4n) is 0.682. The third-order valence-corrected chi connectivity index (χ3v) is 2.01. The van der Waals surface area contributed by atoms with Gasteiger partial charge in [-0.3, -0.25) is 5.21 Å². The van der Waals surface area contributed by atoms with Crippen LogP contribution in [-0.2, 0) is 6.54 Å². The summed E-state index contributed by atoms with van der Waals surface area (Å²) in [6.45, 7) is 2.31. The highest BCUT2D eigenvalue weighted by Gasteiger charge is 1.96. The zero-order valence-corrected chi connectivity index (χ0v) is 7.43. The molecule has 0 spiro atoms. The Bertz CT molecular complexity index is 283. The van der Waals surface area contributed by atoms with Gasteiger partial charge in [-0.1, -0.05) is 0 Å². The highest BCUT2D eigenvalue weighted by molar-refractivity contribution is 7.09. The molecular weight excluding hydrogens is 176 g/mol. The first-order valence-corrected chi connectivity index (χ1v) is 4.21. The number of hydrogen-bond donors (Lipinski definition) is 3. The molecule has 0 atom stereocenters. The van der Waals surface area contributed by atoms with Crippen LogP contribution in [-0.4, -0.2) is 16.2 Å². The zero-order chi connectivity index (χ0) is 8.97. The van der Waals surface area contributed by atoms with E-state index >= 15 is 0 Å². The first-order valence-electron chi connectivity index (χ1n) is 3.33. The van der Waals surface area contributed by atoms with Crippen molar-refractivity contribution in [3.63, 3.8) is 0 Å². The molecular formula is C6H10N4OS. The molecule has 0 saturated heterocycles. The lowest BCUT2D eigenvalue weighted by atomic mass is 10.5. The number of hydrogen-bond acceptors (Lipinski definition) is 4. The zero-order valence-electron chi connectivity index (χ0n) is 6.61. The Morgan fingerprint density at radius 3 is 3.17 bits per heavy atom. The molecule has 0 aromatic carbocycles. The molecule has 12 heavy (non-hydrogen) atoms. The van der Waals surface area contributed by atoms with Crippen LogP contribution < -0.4 is 11.2 Å². The molecule has 1 heterocycles. The van der Waals surface area contributed by atoms with Crippen molar-refractivity contribution >= 4 is 17.3 Å². The lowest BCUT2D eigenvalue weighted by Crippen LogP contribution is -2.28. The molecule has 0 amide bonds. The van der Waals surface area contributed by atoms with Crippen LogP contribution in [0, 0.1) is 6.92 Å². The molecule has 6 heteroatoms. The quantitative estimate of drug-likeness (QED) is 0.351. The minimum atomic E-state index is 0.000605. The van der Waals surface area contributed by atoms with E-state index < -0.39 is 0 Å². The molecule has 0 aliphatic carbocycles. The molecule has 0 saturated carbocycles. The topological polar surface area (TPSA) is 83.5 Å². The van der Waals surface area contributed by atoms with Gasteiger partial charge in [0.25, 0.3) is 0 Å². The van der Waals surface area contributed by atoms with E-state index in [0.29, 0.717) is 6.54 Å². The summed E-state index contributed by atoms with van der Waals surface area (Å²) in [5.74, 6) is 0.000605. The van der Waals surface area contributed by atoms with Crippen molar-refractivity contribution in [3.05, 3.63) is 16.1 Å². The van der Waals surface area contributed by atoms with E-state index in [9.17, 15) is 0 Å². The van der Waals surface area contributed by atoms with Crippen molar-refractivity contribution in [1.29, 1.82) is 0 Å². The third-order valence-electron chi connectivity index (χ3n) is 1.19. The molecule has 66 valence electrons. The van der Waals surface area contributed by atoms with Crippen LogP contribution in [0.1, 0.15) is 10.7 Å². The maximum Gasteiger partial charge on any atom is 0.213 e. The Labute approximate surface area is 73.9 Å². The Morgan fingerprint density at radius 2 is 2.67 bits per heavy atom. The number of guanidine groups is 1. The van der Waals surface area contributed by atoms with Crippen LogP contribution in [0.4, 0.5) is 0 Å². The smallest absolute Gasteiger partial charge is 0.213 e. The van der Waals surface area contributed by atoms with E-state index in [2.05, 4.69) is 9.98 Å². The molecule has 0 fully saturated rings. The fourth-order valence-corrected chi connectivity index (χ4v) is 1.29. The Morgan fingerprint density at radius 1 is 1.92 bits per heavy atom. The first-order chi connectivity index (χ1) is 5.72. The van der Waals surface area contributed by atoms with Crippen molar-refractivity contribution in [1.82, 2.24) is 10.5 Å². The molecule has 1 rings (SSSR count). The summed E-state index contributed by atoms with van der Waals surface area (Å²) in [7, 11) is 0. The summed E-state index contributed by atoms with van der Waals surface area (Å²) >= 11 is 1.56. The lowest BCUT2D eigenvalue weighted by molar-refractivity contribution is 0.232. The van der Waals surface area contributed by atoms with E-state index in [-0.39, 0.29) is 5.96 Å². The number of aryl methyl sites for hydroxylation is 1. The number of aliphatic imine (C=N–C) groups is 1.